The minimum absolute atomic E-state index is 0.543. The molecule has 102 valence electrons. The highest BCUT2D eigenvalue weighted by Gasteiger charge is 2.27. The van der Waals surface area contributed by atoms with Crippen molar-refractivity contribution >= 4 is 0 Å². The van der Waals surface area contributed by atoms with Gasteiger partial charge in [-0.3, -0.25) is 4.90 Å². The quantitative estimate of drug-likeness (QED) is 0.691. The van der Waals surface area contributed by atoms with E-state index in [-0.39, 0.29) is 0 Å². The van der Waals surface area contributed by atoms with Gasteiger partial charge in [-0.15, -0.1) is 0 Å². The summed E-state index contributed by atoms with van der Waals surface area (Å²) in [5.41, 5.74) is 0. The van der Waals surface area contributed by atoms with Crippen LogP contribution in [0.25, 0.3) is 0 Å². The number of nitrogens with zero attached hydrogens (tertiary/aromatic N) is 1. The predicted octanol–water partition coefficient (Wildman–Crippen LogP) is 1.98. The van der Waals surface area contributed by atoms with Crippen LogP contribution in [-0.4, -0.2) is 50.8 Å². The second-order valence-corrected chi connectivity index (χ2v) is 5.55. The maximum Gasteiger partial charge on any atom is 0.0630 e. The molecule has 0 saturated carbocycles. The molecule has 1 N–H and O–H groups in total. The summed E-state index contributed by atoms with van der Waals surface area (Å²) in [7, 11) is 1.81. The Morgan fingerprint density at radius 2 is 2.12 bits per heavy atom. The van der Waals surface area contributed by atoms with E-state index < -0.39 is 0 Å². The first kappa shape index (κ1) is 14.9. The molecule has 0 aromatic carbocycles. The smallest absolute Gasteiger partial charge is 0.0630 e. The molecule has 1 aliphatic heterocycles. The molecular weight excluding hydrogens is 212 g/mol. The lowest BCUT2D eigenvalue weighted by Crippen LogP contribution is -2.50. The number of piperidine rings is 1. The van der Waals surface area contributed by atoms with Crippen molar-refractivity contribution in [2.75, 3.05) is 39.9 Å². The van der Waals surface area contributed by atoms with Gasteiger partial charge in [0.1, 0.15) is 0 Å². The molecule has 3 nitrogen and oxygen atoms in total. The van der Waals surface area contributed by atoms with Gasteiger partial charge in [0.25, 0.3) is 0 Å². The number of rotatable bonds is 7. The fourth-order valence-corrected chi connectivity index (χ4v) is 2.56. The van der Waals surface area contributed by atoms with Crippen molar-refractivity contribution in [2.45, 2.75) is 39.7 Å². The predicted molar refractivity (Wildman–Crippen MR) is 73.3 cm³/mol. The van der Waals surface area contributed by atoms with Crippen LogP contribution in [0.3, 0.4) is 0 Å². The van der Waals surface area contributed by atoms with E-state index in [0.29, 0.717) is 6.04 Å². The van der Waals surface area contributed by atoms with E-state index in [0.717, 1.165) is 31.5 Å². The lowest BCUT2D eigenvalue weighted by Gasteiger charge is -2.40. The maximum atomic E-state index is 5.37. The highest BCUT2D eigenvalue weighted by molar-refractivity contribution is 4.81. The monoisotopic (exact) mass is 242 g/mol. The zero-order valence-corrected chi connectivity index (χ0v) is 12.0. The molecule has 1 saturated heterocycles. The highest BCUT2D eigenvalue weighted by atomic mass is 16.5. The molecule has 17 heavy (non-hydrogen) atoms. The summed E-state index contributed by atoms with van der Waals surface area (Å²) in [5.74, 6) is 1.69. The van der Waals surface area contributed by atoms with Gasteiger partial charge in [-0.05, 0) is 37.8 Å². The van der Waals surface area contributed by atoms with E-state index in [1.807, 2.05) is 7.11 Å². The third kappa shape index (κ3) is 4.94. The third-order valence-electron chi connectivity index (χ3n) is 4.05. The fraction of sp³-hybridized carbons (Fsp3) is 1.00. The average molecular weight is 242 g/mol. The lowest BCUT2D eigenvalue weighted by atomic mass is 9.88. The van der Waals surface area contributed by atoms with Crippen molar-refractivity contribution in [3.63, 3.8) is 0 Å². The summed E-state index contributed by atoms with van der Waals surface area (Å²) in [6.45, 7) is 12.4. The van der Waals surface area contributed by atoms with Gasteiger partial charge >= 0.3 is 0 Å². The van der Waals surface area contributed by atoms with E-state index in [9.17, 15) is 0 Å². The zero-order valence-electron chi connectivity index (χ0n) is 12.0. The molecule has 3 atom stereocenters. The van der Waals surface area contributed by atoms with Crippen LogP contribution in [0.5, 0.6) is 0 Å². The Balaban J connectivity index is 2.40. The third-order valence-corrected chi connectivity index (χ3v) is 4.05. The molecule has 0 aromatic heterocycles. The van der Waals surface area contributed by atoms with Crippen LogP contribution in [0.2, 0.25) is 0 Å². The van der Waals surface area contributed by atoms with Crippen LogP contribution in [0.1, 0.15) is 33.6 Å². The molecule has 3 heteroatoms. The van der Waals surface area contributed by atoms with Gasteiger partial charge < -0.3 is 10.1 Å². The molecule has 3 unspecified atom stereocenters. The van der Waals surface area contributed by atoms with Crippen molar-refractivity contribution < 1.29 is 4.74 Å². The molecule has 1 fully saturated rings. The van der Waals surface area contributed by atoms with E-state index in [4.69, 9.17) is 4.74 Å². The van der Waals surface area contributed by atoms with Gasteiger partial charge in [0.05, 0.1) is 6.61 Å². The molecule has 0 aliphatic carbocycles. The first-order valence-corrected chi connectivity index (χ1v) is 7.12. The van der Waals surface area contributed by atoms with Crippen LogP contribution in [0.15, 0.2) is 0 Å². The number of hydrogen-bond donors (Lipinski definition) is 1. The molecule has 0 radical (unpaired) electrons. The summed E-state index contributed by atoms with van der Waals surface area (Å²) in [4.78, 5) is 2.61. The topological polar surface area (TPSA) is 24.5 Å². The largest absolute Gasteiger partial charge is 0.383 e. The zero-order chi connectivity index (χ0) is 12.7. The normalized spacial score (nSPS) is 28.2. The molecule has 0 spiro atoms. The minimum Gasteiger partial charge on any atom is -0.383 e. The summed E-state index contributed by atoms with van der Waals surface area (Å²) < 4.78 is 5.37. The number of hydrogen-bond acceptors (Lipinski definition) is 3. The van der Waals surface area contributed by atoms with Gasteiger partial charge in [-0.1, -0.05) is 20.8 Å². The Labute approximate surface area is 107 Å². The fourth-order valence-electron chi connectivity index (χ4n) is 2.56. The van der Waals surface area contributed by atoms with E-state index in [2.05, 4.69) is 31.0 Å². The Bertz CT molecular complexity index is 199. The van der Waals surface area contributed by atoms with Crippen molar-refractivity contribution in [2.24, 2.45) is 11.8 Å². The maximum absolute atomic E-state index is 5.37. The van der Waals surface area contributed by atoms with E-state index in [1.54, 1.807) is 0 Å². The standard InChI is InChI=1S/C14H30N2O/c1-5-7-15-9-14(11-17-4)16-8-6-12(2)13(3)10-16/h12-15H,5-11H2,1-4H3. The Morgan fingerprint density at radius 1 is 1.35 bits per heavy atom. The van der Waals surface area contributed by atoms with Gasteiger partial charge in [0, 0.05) is 26.2 Å². The Hall–Kier alpha value is -0.120. The number of ether oxygens (including phenoxy) is 1. The van der Waals surface area contributed by atoms with Crippen molar-refractivity contribution in [1.82, 2.24) is 10.2 Å². The van der Waals surface area contributed by atoms with Crippen molar-refractivity contribution in [1.29, 1.82) is 0 Å². The van der Waals surface area contributed by atoms with Gasteiger partial charge in [-0.25, -0.2) is 0 Å². The van der Waals surface area contributed by atoms with Crippen LogP contribution >= 0.6 is 0 Å². The van der Waals surface area contributed by atoms with Crippen LogP contribution in [0, 0.1) is 11.8 Å². The van der Waals surface area contributed by atoms with Crippen LogP contribution in [-0.2, 0) is 4.74 Å². The summed E-state index contributed by atoms with van der Waals surface area (Å²) >= 11 is 0. The molecule has 0 bridgehead atoms. The van der Waals surface area contributed by atoms with Gasteiger partial charge in [0.15, 0.2) is 0 Å². The first-order valence-electron chi connectivity index (χ1n) is 7.12. The lowest BCUT2D eigenvalue weighted by molar-refractivity contribution is 0.0461. The van der Waals surface area contributed by atoms with Gasteiger partial charge in [-0.2, -0.15) is 0 Å². The minimum atomic E-state index is 0.543. The number of likely N-dealkylation sites (tertiary alicyclic amines) is 1. The van der Waals surface area contributed by atoms with Crippen molar-refractivity contribution in [3.05, 3.63) is 0 Å². The number of nitrogens with one attached hydrogen (secondary N) is 1. The average Bonchev–Trinajstić information content (AvgIpc) is 2.32. The molecule has 0 amide bonds. The van der Waals surface area contributed by atoms with Crippen molar-refractivity contribution in [3.8, 4) is 0 Å². The van der Waals surface area contributed by atoms with Crippen LogP contribution < -0.4 is 5.32 Å². The Morgan fingerprint density at radius 3 is 2.71 bits per heavy atom. The summed E-state index contributed by atoms with van der Waals surface area (Å²) in [5, 5.41) is 3.52. The second kappa shape index (κ2) is 8.06. The summed E-state index contributed by atoms with van der Waals surface area (Å²) in [6.07, 6.45) is 2.53. The van der Waals surface area contributed by atoms with Gasteiger partial charge in [0.2, 0.25) is 0 Å². The second-order valence-electron chi connectivity index (χ2n) is 5.55. The molecule has 1 aliphatic rings. The molecular formula is C14H30N2O. The molecule has 1 heterocycles. The SMILES string of the molecule is CCCNCC(COC)N1CCC(C)C(C)C1. The molecule has 0 aromatic rings. The number of methoxy groups -OCH3 is 1. The first-order chi connectivity index (χ1) is 8.19. The molecule has 1 rings (SSSR count). The van der Waals surface area contributed by atoms with Crippen LogP contribution in [0.4, 0.5) is 0 Å². The highest BCUT2D eigenvalue weighted by Crippen LogP contribution is 2.23. The van der Waals surface area contributed by atoms with E-state index >= 15 is 0 Å². The summed E-state index contributed by atoms with van der Waals surface area (Å²) in [6, 6.07) is 0.543. The Kier molecular flexibility index (Phi) is 7.09. The van der Waals surface area contributed by atoms with E-state index in [1.165, 1.54) is 25.9 Å².